The molecule has 2 nitrogen and oxygen atoms in total. The number of nitrogens with two attached hydrogens (primary N) is 1. The molecule has 4 heteroatoms. The fourth-order valence-electron chi connectivity index (χ4n) is 2.74. The maximum Gasteiger partial charge on any atom is 0.142 e. The highest BCUT2D eigenvalue weighted by molar-refractivity contribution is 6.31. The predicted molar refractivity (Wildman–Crippen MR) is 74.7 cm³/mol. The molecule has 1 aliphatic carbocycles. The van der Waals surface area contributed by atoms with Crippen LogP contribution in [0.3, 0.4) is 0 Å². The lowest BCUT2D eigenvalue weighted by atomic mass is 9.88. The summed E-state index contributed by atoms with van der Waals surface area (Å²) in [5.74, 6) is -0.499. The molecule has 0 aliphatic heterocycles. The summed E-state index contributed by atoms with van der Waals surface area (Å²) in [4.78, 5) is 12.3. The summed E-state index contributed by atoms with van der Waals surface area (Å²) in [5, 5.41) is 0.0537. The Balaban J connectivity index is 2.09. The van der Waals surface area contributed by atoms with Gasteiger partial charge >= 0.3 is 0 Å². The van der Waals surface area contributed by atoms with Crippen LogP contribution in [0.4, 0.5) is 4.39 Å². The molecule has 0 aromatic heterocycles. The second-order valence-electron chi connectivity index (χ2n) is 5.26. The monoisotopic (exact) mass is 283 g/mol. The lowest BCUT2D eigenvalue weighted by Gasteiger charge is -2.20. The fraction of sp³-hybridized carbons (Fsp3) is 0.533. The van der Waals surface area contributed by atoms with E-state index in [0.717, 1.165) is 32.1 Å². The molecule has 19 heavy (non-hydrogen) atoms. The maximum atomic E-state index is 13.3. The van der Waals surface area contributed by atoms with E-state index in [2.05, 4.69) is 0 Å². The zero-order valence-electron chi connectivity index (χ0n) is 10.9. The van der Waals surface area contributed by atoms with Gasteiger partial charge in [-0.15, -0.1) is 0 Å². The number of ketones is 1. The van der Waals surface area contributed by atoms with E-state index in [1.165, 1.54) is 6.07 Å². The molecular weight excluding hydrogens is 265 g/mol. The second-order valence-corrected chi connectivity index (χ2v) is 5.64. The van der Waals surface area contributed by atoms with Gasteiger partial charge in [0.1, 0.15) is 11.6 Å². The van der Waals surface area contributed by atoms with E-state index in [1.54, 1.807) is 12.1 Å². The van der Waals surface area contributed by atoms with Crippen molar-refractivity contribution >= 4 is 17.4 Å². The van der Waals surface area contributed by atoms with E-state index in [4.69, 9.17) is 17.3 Å². The molecule has 104 valence electrons. The quantitative estimate of drug-likeness (QED) is 0.863. The highest BCUT2D eigenvalue weighted by atomic mass is 35.5. The molecule has 0 spiro atoms. The summed E-state index contributed by atoms with van der Waals surface area (Å²) >= 11 is 5.89. The van der Waals surface area contributed by atoms with Crippen molar-refractivity contribution < 1.29 is 9.18 Å². The highest BCUT2D eigenvalue weighted by Gasteiger charge is 2.27. The topological polar surface area (TPSA) is 43.1 Å². The molecule has 1 aromatic rings. The van der Waals surface area contributed by atoms with Crippen LogP contribution in [0.5, 0.6) is 0 Å². The van der Waals surface area contributed by atoms with Crippen LogP contribution in [0.1, 0.15) is 37.7 Å². The number of hydrogen-bond donors (Lipinski definition) is 1. The van der Waals surface area contributed by atoms with Gasteiger partial charge in [0.05, 0.1) is 5.02 Å². The Kier molecular flexibility index (Phi) is 4.94. The summed E-state index contributed by atoms with van der Waals surface area (Å²) in [6, 6.07) is 4.51. The Morgan fingerprint density at radius 3 is 2.84 bits per heavy atom. The Labute approximate surface area is 118 Å². The molecule has 0 bridgehead atoms. The fourth-order valence-corrected chi connectivity index (χ4v) is 2.93. The molecule has 1 saturated carbocycles. The van der Waals surface area contributed by atoms with Crippen molar-refractivity contribution in [1.82, 2.24) is 0 Å². The summed E-state index contributed by atoms with van der Waals surface area (Å²) in [7, 11) is 0. The molecule has 2 N–H and O–H groups in total. The minimum Gasteiger partial charge on any atom is -0.327 e. The molecule has 2 rings (SSSR count). The van der Waals surface area contributed by atoms with E-state index in [0.29, 0.717) is 5.56 Å². The molecule has 0 saturated heterocycles. The second kappa shape index (κ2) is 6.49. The summed E-state index contributed by atoms with van der Waals surface area (Å²) in [5.41, 5.74) is 6.63. The predicted octanol–water partition coefficient (Wildman–Crippen LogP) is 3.50. The Morgan fingerprint density at radius 2 is 2.05 bits per heavy atom. The number of carbonyl (C=O) groups excluding carboxylic acids is 1. The molecule has 1 fully saturated rings. The average molecular weight is 284 g/mol. The third kappa shape index (κ3) is 3.54. The Morgan fingerprint density at radius 1 is 1.32 bits per heavy atom. The number of halogens is 2. The van der Waals surface area contributed by atoms with Gasteiger partial charge in [0.15, 0.2) is 0 Å². The molecular formula is C15H19ClFNO. The van der Waals surface area contributed by atoms with Crippen molar-refractivity contribution in [3.63, 3.8) is 0 Å². The smallest absolute Gasteiger partial charge is 0.142 e. The molecule has 0 radical (unpaired) electrons. The van der Waals surface area contributed by atoms with Crippen LogP contribution in [0.15, 0.2) is 18.2 Å². The van der Waals surface area contributed by atoms with Crippen LogP contribution in [0.25, 0.3) is 0 Å². The summed E-state index contributed by atoms with van der Waals surface area (Å²) in [6.45, 7) is 0. The van der Waals surface area contributed by atoms with Gasteiger partial charge in [-0.1, -0.05) is 43.0 Å². The first-order chi connectivity index (χ1) is 9.09. The molecule has 1 aliphatic rings. The van der Waals surface area contributed by atoms with Gasteiger partial charge in [-0.25, -0.2) is 4.39 Å². The van der Waals surface area contributed by atoms with Crippen molar-refractivity contribution in [2.75, 3.05) is 0 Å². The minimum atomic E-state index is -0.475. The van der Waals surface area contributed by atoms with Crippen LogP contribution < -0.4 is 5.73 Å². The standard InChI is InChI=1S/C15H19ClFNO/c16-15-10(5-4-7-12(15)17)9-14(19)11-6-2-1-3-8-13(11)18/h4-5,7,11,13H,1-3,6,8-9,18H2. The molecule has 1 aromatic carbocycles. The first-order valence-electron chi connectivity index (χ1n) is 6.81. The number of rotatable bonds is 3. The van der Waals surface area contributed by atoms with Gasteiger partial charge in [-0.05, 0) is 24.5 Å². The molecule has 0 amide bonds. The Bertz CT molecular complexity index is 463. The van der Waals surface area contributed by atoms with E-state index in [9.17, 15) is 9.18 Å². The third-order valence-electron chi connectivity index (χ3n) is 3.88. The van der Waals surface area contributed by atoms with Gasteiger partial charge in [0.25, 0.3) is 0 Å². The third-order valence-corrected chi connectivity index (χ3v) is 4.30. The minimum absolute atomic E-state index is 0.0537. The normalized spacial score (nSPS) is 23.9. The number of carbonyl (C=O) groups is 1. The zero-order chi connectivity index (χ0) is 13.8. The van der Waals surface area contributed by atoms with Crippen molar-refractivity contribution in [1.29, 1.82) is 0 Å². The first-order valence-corrected chi connectivity index (χ1v) is 7.18. The van der Waals surface area contributed by atoms with Gasteiger partial charge in [-0.3, -0.25) is 4.79 Å². The van der Waals surface area contributed by atoms with Crippen LogP contribution >= 0.6 is 11.6 Å². The van der Waals surface area contributed by atoms with Gasteiger partial charge in [0.2, 0.25) is 0 Å². The SMILES string of the molecule is NC1CCCCCC1C(=O)Cc1cccc(F)c1Cl. The van der Waals surface area contributed by atoms with Crippen molar-refractivity contribution in [2.24, 2.45) is 11.7 Å². The summed E-state index contributed by atoms with van der Waals surface area (Å²) in [6.07, 6.45) is 5.18. The van der Waals surface area contributed by atoms with Crippen molar-refractivity contribution in [2.45, 2.75) is 44.6 Å². The van der Waals surface area contributed by atoms with Crippen LogP contribution in [0, 0.1) is 11.7 Å². The van der Waals surface area contributed by atoms with Crippen LogP contribution in [0.2, 0.25) is 5.02 Å². The molecule has 2 atom stereocenters. The van der Waals surface area contributed by atoms with Crippen LogP contribution in [-0.4, -0.2) is 11.8 Å². The van der Waals surface area contributed by atoms with E-state index >= 15 is 0 Å². The number of Topliss-reactive ketones (excluding diaryl/α,β-unsaturated/α-hetero) is 1. The maximum absolute atomic E-state index is 13.3. The first kappa shape index (κ1) is 14.5. The van der Waals surface area contributed by atoms with E-state index < -0.39 is 5.82 Å². The highest BCUT2D eigenvalue weighted by Crippen LogP contribution is 2.26. The number of benzene rings is 1. The zero-order valence-corrected chi connectivity index (χ0v) is 11.6. The largest absolute Gasteiger partial charge is 0.327 e. The van der Waals surface area contributed by atoms with Gasteiger partial charge in [0, 0.05) is 18.4 Å². The molecule has 0 heterocycles. The lowest BCUT2D eigenvalue weighted by molar-refractivity contribution is -0.123. The van der Waals surface area contributed by atoms with Crippen molar-refractivity contribution in [3.8, 4) is 0 Å². The lowest BCUT2D eigenvalue weighted by Crippen LogP contribution is -2.35. The average Bonchev–Trinajstić information content (AvgIpc) is 2.59. The van der Waals surface area contributed by atoms with Gasteiger partial charge < -0.3 is 5.73 Å². The Hall–Kier alpha value is -0.930. The van der Waals surface area contributed by atoms with E-state index in [-0.39, 0.29) is 29.2 Å². The van der Waals surface area contributed by atoms with Crippen molar-refractivity contribution in [3.05, 3.63) is 34.6 Å². The number of hydrogen-bond acceptors (Lipinski definition) is 2. The van der Waals surface area contributed by atoms with Crippen LogP contribution in [-0.2, 0) is 11.2 Å². The van der Waals surface area contributed by atoms with E-state index in [1.807, 2.05) is 0 Å². The molecule has 2 unspecified atom stereocenters. The van der Waals surface area contributed by atoms with Gasteiger partial charge in [-0.2, -0.15) is 0 Å². The summed E-state index contributed by atoms with van der Waals surface area (Å²) < 4.78 is 13.3.